The van der Waals surface area contributed by atoms with Crippen LogP contribution in [-0.2, 0) is 11.8 Å². The fraction of sp³-hybridized carbons (Fsp3) is 0.500. The molecule has 0 saturated heterocycles. The van der Waals surface area contributed by atoms with Crippen LogP contribution < -0.4 is 0 Å². The molecule has 1 heteroatoms. The molecule has 1 rings (SSSR count). The van der Waals surface area contributed by atoms with E-state index in [0.29, 0.717) is 0 Å². The van der Waals surface area contributed by atoms with Gasteiger partial charge in [-0.05, 0) is 23.0 Å². The van der Waals surface area contributed by atoms with E-state index in [1.54, 1.807) is 0 Å². The van der Waals surface area contributed by atoms with Crippen LogP contribution in [0.5, 0.6) is 0 Å². The molecule has 1 radical (unpaired) electrons. The summed E-state index contributed by atoms with van der Waals surface area (Å²) in [6, 6.07) is 8.79. The fourth-order valence-corrected chi connectivity index (χ4v) is 1.52. The minimum Gasteiger partial charge on any atom is -0.0938 e. The molecule has 1 aromatic carbocycles. The predicted molar refractivity (Wildman–Crippen MR) is 61.3 cm³/mol. The third-order valence-electron chi connectivity index (χ3n) is 2.21. The maximum Gasteiger partial charge on any atom is 0.00774 e. The van der Waals surface area contributed by atoms with Gasteiger partial charge in [0.25, 0.3) is 0 Å². The Bertz CT molecular complexity index is 253. The Hall–Kier alpha value is -0.430. The second-order valence-electron chi connectivity index (χ2n) is 4.40. The SMILES string of the molecule is CC(C)(C)c1ccc(CC[S])cc1. The van der Waals surface area contributed by atoms with Crippen LogP contribution in [0.3, 0.4) is 0 Å². The molecule has 0 saturated carbocycles. The van der Waals surface area contributed by atoms with E-state index < -0.39 is 0 Å². The summed E-state index contributed by atoms with van der Waals surface area (Å²) in [7, 11) is 0. The van der Waals surface area contributed by atoms with E-state index in [0.717, 1.165) is 12.2 Å². The first kappa shape index (κ1) is 10.6. The zero-order chi connectivity index (χ0) is 9.90. The molecule has 1 aromatic rings. The molecule has 0 bridgehead atoms. The van der Waals surface area contributed by atoms with Gasteiger partial charge in [-0.25, -0.2) is 0 Å². The quantitative estimate of drug-likeness (QED) is 0.671. The van der Waals surface area contributed by atoms with Gasteiger partial charge in [0.2, 0.25) is 0 Å². The first-order chi connectivity index (χ1) is 6.04. The van der Waals surface area contributed by atoms with Crippen molar-refractivity contribution < 1.29 is 0 Å². The van der Waals surface area contributed by atoms with Crippen molar-refractivity contribution in [2.45, 2.75) is 32.6 Å². The van der Waals surface area contributed by atoms with E-state index in [9.17, 15) is 0 Å². The van der Waals surface area contributed by atoms with Gasteiger partial charge in [0, 0.05) is 5.75 Å². The van der Waals surface area contributed by atoms with Crippen LogP contribution in [0, 0.1) is 0 Å². The molecule has 0 aliphatic rings. The number of rotatable bonds is 2. The zero-order valence-corrected chi connectivity index (χ0v) is 9.45. The molecule has 0 N–H and O–H groups in total. The molecule has 0 heterocycles. The average Bonchev–Trinajstić information content (AvgIpc) is 2.04. The minimum atomic E-state index is 0.256. The molecule has 0 atom stereocenters. The standard InChI is InChI=1S/C12H17S/c1-12(2,3)11-6-4-10(5-7-11)8-9-13/h4-7H,8-9H2,1-3H3. The maximum atomic E-state index is 4.94. The molecule has 71 valence electrons. The highest BCUT2D eigenvalue weighted by atomic mass is 32.1. The van der Waals surface area contributed by atoms with Gasteiger partial charge in [-0.15, -0.1) is 0 Å². The molecule has 0 unspecified atom stereocenters. The molecule has 0 aromatic heterocycles. The second kappa shape index (κ2) is 4.19. The van der Waals surface area contributed by atoms with Gasteiger partial charge in [-0.2, -0.15) is 0 Å². The number of hydrogen-bond donors (Lipinski definition) is 0. The summed E-state index contributed by atoms with van der Waals surface area (Å²) < 4.78 is 0. The van der Waals surface area contributed by atoms with Crippen molar-refractivity contribution in [1.82, 2.24) is 0 Å². The fourth-order valence-electron chi connectivity index (χ4n) is 1.29. The first-order valence-corrected chi connectivity index (χ1v) is 5.29. The number of hydrogen-bond acceptors (Lipinski definition) is 0. The molecule has 0 nitrogen and oxygen atoms in total. The molecule has 0 aliphatic carbocycles. The van der Waals surface area contributed by atoms with Crippen LogP contribution in [0.25, 0.3) is 0 Å². The normalized spacial score (nSPS) is 11.7. The number of aryl methyl sites for hydroxylation is 1. The molecule has 0 aliphatic heterocycles. The Labute approximate surface area is 86.8 Å². The smallest absolute Gasteiger partial charge is 0.00774 e. The van der Waals surface area contributed by atoms with Gasteiger partial charge < -0.3 is 0 Å². The van der Waals surface area contributed by atoms with Crippen LogP contribution in [0.1, 0.15) is 31.9 Å². The largest absolute Gasteiger partial charge is 0.0938 e. The summed E-state index contributed by atoms with van der Waals surface area (Å²) in [5.74, 6) is 0.814. The van der Waals surface area contributed by atoms with Gasteiger partial charge in [-0.3, -0.25) is 0 Å². The van der Waals surface area contributed by atoms with Gasteiger partial charge in [-0.1, -0.05) is 57.7 Å². The monoisotopic (exact) mass is 193 g/mol. The molecule has 0 fully saturated rings. The predicted octanol–water partition coefficient (Wildman–Crippen LogP) is 3.72. The third kappa shape index (κ3) is 3.07. The average molecular weight is 193 g/mol. The van der Waals surface area contributed by atoms with Crippen LogP contribution in [0.4, 0.5) is 0 Å². The summed E-state index contributed by atoms with van der Waals surface area (Å²) in [6.07, 6.45) is 1.01. The van der Waals surface area contributed by atoms with E-state index in [2.05, 4.69) is 45.0 Å². The highest BCUT2D eigenvalue weighted by Crippen LogP contribution is 2.22. The summed E-state index contributed by atoms with van der Waals surface area (Å²) in [5, 5.41) is 0. The lowest BCUT2D eigenvalue weighted by Crippen LogP contribution is -2.10. The first-order valence-electron chi connectivity index (χ1n) is 4.71. The van der Waals surface area contributed by atoms with E-state index in [4.69, 9.17) is 12.6 Å². The van der Waals surface area contributed by atoms with Crippen molar-refractivity contribution in [1.29, 1.82) is 0 Å². The summed E-state index contributed by atoms with van der Waals surface area (Å²) in [4.78, 5) is 0. The highest BCUT2D eigenvalue weighted by molar-refractivity contribution is 7.80. The van der Waals surface area contributed by atoms with Gasteiger partial charge in [0.05, 0.1) is 0 Å². The van der Waals surface area contributed by atoms with Crippen molar-refractivity contribution in [3.8, 4) is 0 Å². The van der Waals surface area contributed by atoms with E-state index in [1.165, 1.54) is 11.1 Å². The summed E-state index contributed by atoms with van der Waals surface area (Å²) in [5.41, 5.74) is 3.00. The van der Waals surface area contributed by atoms with Crippen LogP contribution >= 0.6 is 12.6 Å². The van der Waals surface area contributed by atoms with E-state index >= 15 is 0 Å². The van der Waals surface area contributed by atoms with Crippen LogP contribution in [0.2, 0.25) is 0 Å². The van der Waals surface area contributed by atoms with Crippen molar-refractivity contribution in [2.24, 2.45) is 0 Å². The zero-order valence-electron chi connectivity index (χ0n) is 8.63. The molecule has 13 heavy (non-hydrogen) atoms. The maximum absolute atomic E-state index is 4.94. The summed E-state index contributed by atoms with van der Waals surface area (Å²) in [6.45, 7) is 6.69. The second-order valence-corrected chi connectivity index (χ2v) is 4.81. The van der Waals surface area contributed by atoms with E-state index in [-0.39, 0.29) is 5.41 Å². The Balaban J connectivity index is 2.81. The molecule has 0 spiro atoms. The van der Waals surface area contributed by atoms with Gasteiger partial charge >= 0.3 is 0 Å². The van der Waals surface area contributed by atoms with Crippen LogP contribution in [0.15, 0.2) is 24.3 Å². The third-order valence-corrected chi connectivity index (χ3v) is 2.41. The molecular formula is C12H17S. The Kier molecular flexibility index (Phi) is 3.43. The number of benzene rings is 1. The topological polar surface area (TPSA) is 0 Å². The van der Waals surface area contributed by atoms with Crippen molar-refractivity contribution >= 4 is 12.6 Å². The van der Waals surface area contributed by atoms with Crippen molar-refractivity contribution in [3.05, 3.63) is 35.4 Å². The molecule has 0 amide bonds. The van der Waals surface area contributed by atoms with Crippen molar-refractivity contribution in [2.75, 3.05) is 5.75 Å². The van der Waals surface area contributed by atoms with Crippen molar-refractivity contribution in [3.63, 3.8) is 0 Å². The Morgan fingerprint density at radius 2 is 1.62 bits per heavy atom. The lowest BCUT2D eigenvalue weighted by molar-refractivity contribution is 0.590. The highest BCUT2D eigenvalue weighted by Gasteiger charge is 2.12. The Morgan fingerprint density at radius 3 is 2.00 bits per heavy atom. The molecular weight excluding hydrogens is 176 g/mol. The minimum absolute atomic E-state index is 0.256. The summed E-state index contributed by atoms with van der Waals surface area (Å²) >= 11 is 4.94. The van der Waals surface area contributed by atoms with E-state index in [1.807, 2.05) is 0 Å². The Morgan fingerprint density at radius 1 is 1.08 bits per heavy atom. The van der Waals surface area contributed by atoms with Crippen LogP contribution in [-0.4, -0.2) is 5.75 Å². The lowest BCUT2D eigenvalue weighted by Gasteiger charge is -2.19. The van der Waals surface area contributed by atoms with Gasteiger partial charge in [0.1, 0.15) is 0 Å². The van der Waals surface area contributed by atoms with Gasteiger partial charge in [0.15, 0.2) is 0 Å². The lowest BCUT2D eigenvalue weighted by atomic mass is 9.86.